The van der Waals surface area contributed by atoms with E-state index < -0.39 is 11.8 Å². The van der Waals surface area contributed by atoms with Gasteiger partial charge in [-0.2, -0.15) is 0 Å². The summed E-state index contributed by atoms with van der Waals surface area (Å²) in [6.45, 7) is 1.58. The van der Waals surface area contributed by atoms with Crippen LogP contribution in [0, 0.1) is 6.92 Å². The lowest BCUT2D eigenvalue weighted by atomic mass is 10.1. The molecule has 0 bridgehead atoms. The van der Waals surface area contributed by atoms with Crippen LogP contribution in [-0.2, 0) is 4.79 Å². The summed E-state index contributed by atoms with van der Waals surface area (Å²) in [5.74, 6) is -0.666. The standard InChI is InChI=1S/C23H16Cl2N2O4/c1-13-10-16(26-21(28)12-31-17-6-2-14(24)3-7-17)5-9-20(13)27-22(29)18-8-4-15(25)11-19(18)23(27)30/h2-11H,12H2,1H3,(H,26,28). The fraction of sp³-hybridized carbons (Fsp3) is 0.0870. The first kappa shape index (κ1) is 20.9. The van der Waals surface area contributed by atoms with E-state index in [1.165, 1.54) is 6.07 Å². The first-order chi connectivity index (χ1) is 14.8. The molecule has 4 rings (SSSR count). The van der Waals surface area contributed by atoms with E-state index in [1.807, 2.05) is 0 Å². The Hall–Kier alpha value is -3.35. The van der Waals surface area contributed by atoms with E-state index in [9.17, 15) is 14.4 Å². The molecule has 31 heavy (non-hydrogen) atoms. The summed E-state index contributed by atoms with van der Waals surface area (Å²) >= 11 is 11.8. The molecule has 3 aromatic rings. The number of benzene rings is 3. The van der Waals surface area contributed by atoms with Crippen LogP contribution in [-0.4, -0.2) is 24.3 Å². The maximum Gasteiger partial charge on any atom is 0.266 e. The van der Waals surface area contributed by atoms with Gasteiger partial charge in [0.05, 0.1) is 16.8 Å². The molecule has 0 unspecified atom stereocenters. The number of nitrogens with one attached hydrogen (secondary N) is 1. The number of hydrogen-bond donors (Lipinski definition) is 1. The highest BCUT2D eigenvalue weighted by Gasteiger charge is 2.37. The van der Waals surface area contributed by atoms with E-state index in [0.29, 0.717) is 38.3 Å². The monoisotopic (exact) mass is 454 g/mol. The second-order valence-electron chi connectivity index (χ2n) is 6.93. The van der Waals surface area contributed by atoms with Gasteiger partial charge in [-0.05, 0) is 73.2 Å². The molecule has 1 aliphatic heterocycles. The number of halogens is 2. The molecule has 1 aliphatic rings. The number of carbonyl (C=O) groups excluding carboxylic acids is 3. The lowest BCUT2D eigenvalue weighted by Crippen LogP contribution is -2.30. The molecule has 0 saturated heterocycles. The molecule has 156 valence electrons. The number of aryl methyl sites for hydroxylation is 1. The SMILES string of the molecule is Cc1cc(NC(=O)COc2ccc(Cl)cc2)ccc1N1C(=O)c2ccc(Cl)cc2C1=O. The van der Waals surface area contributed by atoms with Crippen molar-refractivity contribution in [3.8, 4) is 5.75 Å². The van der Waals surface area contributed by atoms with Gasteiger partial charge in [0.15, 0.2) is 6.61 Å². The zero-order valence-corrected chi connectivity index (χ0v) is 17.8. The van der Waals surface area contributed by atoms with Crippen LogP contribution in [0.5, 0.6) is 5.75 Å². The van der Waals surface area contributed by atoms with Gasteiger partial charge >= 0.3 is 0 Å². The third-order valence-corrected chi connectivity index (χ3v) is 5.24. The predicted molar refractivity (Wildman–Crippen MR) is 119 cm³/mol. The van der Waals surface area contributed by atoms with Gasteiger partial charge in [-0.25, -0.2) is 4.90 Å². The van der Waals surface area contributed by atoms with Gasteiger partial charge in [0.25, 0.3) is 17.7 Å². The van der Waals surface area contributed by atoms with Gasteiger partial charge in [-0.3, -0.25) is 14.4 Å². The maximum atomic E-state index is 12.8. The average Bonchev–Trinajstić information content (AvgIpc) is 2.98. The summed E-state index contributed by atoms with van der Waals surface area (Å²) in [6, 6.07) is 16.2. The Balaban J connectivity index is 1.46. The quantitative estimate of drug-likeness (QED) is 0.542. The highest BCUT2D eigenvalue weighted by molar-refractivity contribution is 6.37. The summed E-state index contributed by atoms with van der Waals surface area (Å²) in [6.07, 6.45) is 0. The second-order valence-corrected chi connectivity index (χ2v) is 7.80. The molecule has 1 N–H and O–H groups in total. The Kier molecular flexibility index (Phi) is 5.67. The van der Waals surface area contributed by atoms with Crippen molar-refractivity contribution < 1.29 is 19.1 Å². The van der Waals surface area contributed by atoms with Gasteiger partial charge < -0.3 is 10.1 Å². The minimum absolute atomic E-state index is 0.179. The summed E-state index contributed by atoms with van der Waals surface area (Å²) < 4.78 is 5.42. The summed E-state index contributed by atoms with van der Waals surface area (Å²) in [4.78, 5) is 38.8. The fourth-order valence-electron chi connectivity index (χ4n) is 3.29. The van der Waals surface area contributed by atoms with Crippen LogP contribution in [0.15, 0.2) is 60.7 Å². The van der Waals surface area contributed by atoms with E-state index in [4.69, 9.17) is 27.9 Å². The molecule has 0 radical (unpaired) electrons. The summed E-state index contributed by atoms with van der Waals surface area (Å²) in [5.41, 5.74) is 2.19. The molecule has 6 nitrogen and oxygen atoms in total. The molecule has 8 heteroatoms. The van der Waals surface area contributed by atoms with E-state index in [2.05, 4.69) is 5.32 Å². The van der Waals surface area contributed by atoms with Gasteiger partial charge in [-0.1, -0.05) is 23.2 Å². The number of amides is 3. The van der Waals surface area contributed by atoms with Crippen LogP contribution < -0.4 is 15.0 Å². The Bertz CT molecular complexity index is 1210. The van der Waals surface area contributed by atoms with Crippen LogP contribution in [0.2, 0.25) is 10.0 Å². The van der Waals surface area contributed by atoms with Gasteiger partial charge in [-0.15, -0.1) is 0 Å². The van der Waals surface area contributed by atoms with Crippen LogP contribution in [0.3, 0.4) is 0 Å². The Morgan fingerprint density at radius 1 is 0.903 bits per heavy atom. The van der Waals surface area contributed by atoms with E-state index in [1.54, 1.807) is 61.5 Å². The third-order valence-electron chi connectivity index (χ3n) is 4.75. The highest BCUT2D eigenvalue weighted by Crippen LogP contribution is 2.33. The molecule has 0 spiro atoms. The van der Waals surface area contributed by atoms with Gasteiger partial charge in [0, 0.05) is 15.7 Å². The molecule has 3 aromatic carbocycles. The number of imide groups is 1. The largest absolute Gasteiger partial charge is 0.484 e. The van der Waals surface area contributed by atoms with Gasteiger partial charge in [0.2, 0.25) is 0 Å². The number of hydrogen-bond acceptors (Lipinski definition) is 4. The molecular formula is C23H16Cl2N2O4. The number of rotatable bonds is 5. The zero-order chi connectivity index (χ0) is 22.1. The number of nitrogens with zero attached hydrogens (tertiary/aromatic N) is 1. The highest BCUT2D eigenvalue weighted by atomic mass is 35.5. The van der Waals surface area contributed by atoms with Crippen molar-refractivity contribution in [3.05, 3.63) is 87.4 Å². The molecule has 0 aromatic heterocycles. The van der Waals surface area contributed by atoms with Crippen molar-refractivity contribution in [2.75, 3.05) is 16.8 Å². The van der Waals surface area contributed by atoms with Crippen LogP contribution in [0.1, 0.15) is 26.3 Å². The number of carbonyl (C=O) groups is 3. The first-order valence-corrected chi connectivity index (χ1v) is 10.1. The first-order valence-electron chi connectivity index (χ1n) is 9.30. The third kappa shape index (κ3) is 4.26. The normalized spacial score (nSPS) is 12.7. The van der Waals surface area contributed by atoms with Crippen molar-refractivity contribution >= 4 is 52.3 Å². The average molecular weight is 455 g/mol. The van der Waals surface area contributed by atoms with Crippen molar-refractivity contribution in [2.24, 2.45) is 0 Å². The predicted octanol–water partition coefficient (Wildman–Crippen LogP) is 5.12. The van der Waals surface area contributed by atoms with Crippen LogP contribution >= 0.6 is 23.2 Å². The van der Waals surface area contributed by atoms with Crippen molar-refractivity contribution in [3.63, 3.8) is 0 Å². The molecule has 0 fully saturated rings. The Morgan fingerprint density at radius 2 is 1.58 bits per heavy atom. The van der Waals surface area contributed by atoms with E-state index in [0.717, 1.165) is 4.90 Å². The topological polar surface area (TPSA) is 75.7 Å². The molecule has 0 atom stereocenters. The summed E-state index contributed by atoms with van der Waals surface area (Å²) in [7, 11) is 0. The van der Waals surface area contributed by atoms with Crippen molar-refractivity contribution in [1.82, 2.24) is 0 Å². The minimum Gasteiger partial charge on any atom is -0.484 e. The van der Waals surface area contributed by atoms with Gasteiger partial charge in [0.1, 0.15) is 5.75 Å². The Morgan fingerprint density at radius 3 is 2.29 bits per heavy atom. The molecule has 3 amide bonds. The van der Waals surface area contributed by atoms with E-state index in [-0.39, 0.29) is 18.1 Å². The fourth-order valence-corrected chi connectivity index (χ4v) is 3.59. The smallest absolute Gasteiger partial charge is 0.266 e. The minimum atomic E-state index is -0.432. The van der Waals surface area contributed by atoms with Crippen molar-refractivity contribution in [1.29, 1.82) is 0 Å². The van der Waals surface area contributed by atoms with Crippen LogP contribution in [0.25, 0.3) is 0 Å². The number of fused-ring (bicyclic) bond motifs is 1. The maximum absolute atomic E-state index is 12.8. The number of ether oxygens (including phenoxy) is 1. The lowest BCUT2D eigenvalue weighted by Gasteiger charge is -2.17. The van der Waals surface area contributed by atoms with Crippen LogP contribution in [0.4, 0.5) is 11.4 Å². The molecule has 1 heterocycles. The zero-order valence-electron chi connectivity index (χ0n) is 16.3. The molecule has 0 saturated carbocycles. The number of anilines is 2. The van der Waals surface area contributed by atoms with Crippen molar-refractivity contribution in [2.45, 2.75) is 6.92 Å². The molecule has 0 aliphatic carbocycles. The lowest BCUT2D eigenvalue weighted by molar-refractivity contribution is -0.118. The molecular weight excluding hydrogens is 439 g/mol. The second kappa shape index (κ2) is 8.41. The van der Waals surface area contributed by atoms with E-state index >= 15 is 0 Å². The Labute approximate surface area is 188 Å². The summed E-state index contributed by atoms with van der Waals surface area (Å²) in [5, 5.41) is 3.70.